The van der Waals surface area contributed by atoms with Crippen LogP contribution < -0.4 is 4.18 Å². The van der Waals surface area contributed by atoms with Crippen LogP contribution in [0, 0.1) is 0 Å². The lowest BCUT2D eigenvalue weighted by atomic mass is 9.99. The fourth-order valence-corrected chi connectivity index (χ4v) is 1.74. The summed E-state index contributed by atoms with van der Waals surface area (Å²) in [5.74, 6) is 0.795. The van der Waals surface area contributed by atoms with Crippen LogP contribution in [0.15, 0.2) is 24.3 Å². The summed E-state index contributed by atoms with van der Waals surface area (Å²) in [7, 11) is -3.43. The summed E-state index contributed by atoms with van der Waals surface area (Å²) in [5, 5.41) is 0. The van der Waals surface area contributed by atoms with Crippen LogP contribution in [0.3, 0.4) is 0 Å². The Balaban J connectivity index is 2.93. The van der Waals surface area contributed by atoms with Crippen molar-refractivity contribution in [2.24, 2.45) is 0 Å². The lowest BCUT2D eigenvalue weighted by Crippen LogP contribution is -2.06. The molecule has 0 heterocycles. The molecule has 0 fully saturated rings. The molecule has 0 amide bonds. The molecule has 15 heavy (non-hydrogen) atoms. The quantitative estimate of drug-likeness (QED) is 0.744. The van der Waals surface area contributed by atoms with E-state index in [1.165, 1.54) is 0 Å². The minimum absolute atomic E-state index is 0.385. The maximum absolute atomic E-state index is 10.9. The smallest absolute Gasteiger partial charge is 0.306 e. The largest absolute Gasteiger partial charge is 0.383 e. The Labute approximate surface area is 91.2 Å². The number of hydrogen-bond donors (Lipinski definition) is 0. The second-order valence-electron chi connectivity index (χ2n) is 3.67. The minimum atomic E-state index is -3.43. The molecule has 0 saturated carbocycles. The van der Waals surface area contributed by atoms with Gasteiger partial charge in [0.05, 0.1) is 6.26 Å². The average Bonchev–Trinajstić information content (AvgIpc) is 2.14. The molecule has 0 aliphatic heterocycles. The molecule has 4 heteroatoms. The van der Waals surface area contributed by atoms with Gasteiger partial charge in [0.15, 0.2) is 0 Å². The zero-order valence-electron chi connectivity index (χ0n) is 9.23. The molecular formula is C11H16O3S. The van der Waals surface area contributed by atoms with E-state index in [9.17, 15) is 8.42 Å². The number of benzene rings is 1. The number of rotatable bonds is 4. The normalized spacial score (nSPS) is 13.5. The zero-order valence-corrected chi connectivity index (χ0v) is 10.0. The first-order valence-electron chi connectivity index (χ1n) is 4.92. The third-order valence-corrected chi connectivity index (χ3v) is 2.78. The van der Waals surface area contributed by atoms with Crippen LogP contribution >= 0.6 is 0 Å². The van der Waals surface area contributed by atoms with Crippen molar-refractivity contribution in [1.29, 1.82) is 0 Å². The van der Waals surface area contributed by atoms with E-state index >= 15 is 0 Å². The highest BCUT2D eigenvalue weighted by Crippen LogP contribution is 2.23. The maximum Gasteiger partial charge on any atom is 0.306 e. The van der Waals surface area contributed by atoms with E-state index in [2.05, 4.69) is 13.8 Å². The van der Waals surface area contributed by atoms with Gasteiger partial charge < -0.3 is 4.18 Å². The Morgan fingerprint density at radius 2 is 2.07 bits per heavy atom. The Bertz CT molecular complexity index is 423. The van der Waals surface area contributed by atoms with Gasteiger partial charge in [-0.3, -0.25) is 0 Å². The van der Waals surface area contributed by atoms with E-state index in [0.717, 1.165) is 18.2 Å². The average molecular weight is 228 g/mol. The second kappa shape index (κ2) is 4.66. The first-order valence-corrected chi connectivity index (χ1v) is 6.73. The van der Waals surface area contributed by atoms with Crippen LogP contribution in [0.2, 0.25) is 0 Å². The predicted molar refractivity (Wildman–Crippen MR) is 60.6 cm³/mol. The third kappa shape index (κ3) is 3.91. The van der Waals surface area contributed by atoms with Crippen molar-refractivity contribution in [3.05, 3.63) is 29.8 Å². The molecule has 1 aromatic carbocycles. The van der Waals surface area contributed by atoms with E-state index in [1.807, 2.05) is 12.1 Å². The van der Waals surface area contributed by atoms with Crippen molar-refractivity contribution in [2.45, 2.75) is 26.2 Å². The SMILES string of the molecule is CCC(C)c1cccc(OS(C)(=O)=O)c1. The standard InChI is InChI=1S/C11H16O3S/c1-4-9(2)10-6-5-7-11(8-10)14-15(3,12)13/h5-9H,4H2,1-3H3. The van der Waals surface area contributed by atoms with Gasteiger partial charge in [-0.25, -0.2) is 0 Å². The van der Waals surface area contributed by atoms with Crippen LogP contribution in [0.1, 0.15) is 31.7 Å². The van der Waals surface area contributed by atoms with Gasteiger partial charge in [0.1, 0.15) is 5.75 Å². The van der Waals surface area contributed by atoms with E-state index in [4.69, 9.17) is 4.18 Å². The Morgan fingerprint density at radius 3 is 2.60 bits per heavy atom. The van der Waals surface area contributed by atoms with Crippen molar-refractivity contribution in [3.8, 4) is 5.75 Å². The van der Waals surface area contributed by atoms with Crippen LogP contribution in [-0.4, -0.2) is 14.7 Å². The van der Waals surface area contributed by atoms with Gasteiger partial charge in [0.25, 0.3) is 0 Å². The van der Waals surface area contributed by atoms with Crippen molar-refractivity contribution in [3.63, 3.8) is 0 Å². The molecule has 0 aromatic heterocycles. The van der Waals surface area contributed by atoms with Gasteiger partial charge in [-0.1, -0.05) is 26.0 Å². The first-order chi connectivity index (χ1) is 6.92. The topological polar surface area (TPSA) is 43.4 Å². The molecule has 0 saturated heterocycles. The summed E-state index contributed by atoms with van der Waals surface area (Å²) >= 11 is 0. The van der Waals surface area contributed by atoms with Gasteiger partial charge in [0.2, 0.25) is 0 Å². The summed E-state index contributed by atoms with van der Waals surface area (Å²) in [6.07, 6.45) is 2.06. The van der Waals surface area contributed by atoms with Gasteiger partial charge in [0, 0.05) is 0 Å². The second-order valence-corrected chi connectivity index (χ2v) is 5.24. The van der Waals surface area contributed by atoms with Crippen molar-refractivity contribution < 1.29 is 12.6 Å². The van der Waals surface area contributed by atoms with E-state index in [0.29, 0.717) is 11.7 Å². The molecule has 0 aliphatic rings. The van der Waals surface area contributed by atoms with E-state index < -0.39 is 10.1 Å². The highest BCUT2D eigenvalue weighted by Gasteiger charge is 2.07. The molecule has 0 spiro atoms. The van der Waals surface area contributed by atoms with Crippen LogP contribution in [0.4, 0.5) is 0 Å². The third-order valence-electron chi connectivity index (χ3n) is 2.29. The molecule has 0 radical (unpaired) electrons. The van der Waals surface area contributed by atoms with Gasteiger partial charge >= 0.3 is 10.1 Å². The predicted octanol–water partition coefficient (Wildman–Crippen LogP) is 2.54. The van der Waals surface area contributed by atoms with Gasteiger partial charge in [-0.15, -0.1) is 0 Å². The summed E-state index contributed by atoms with van der Waals surface area (Å²) < 4.78 is 26.7. The molecule has 0 N–H and O–H groups in total. The maximum atomic E-state index is 10.9. The molecule has 1 aromatic rings. The zero-order chi connectivity index (χ0) is 11.5. The molecule has 84 valence electrons. The Hall–Kier alpha value is -1.03. The monoisotopic (exact) mass is 228 g/mol. The molecule has 3 nitrogen and oxygen atoms in total. The summed E-state index contributed by atoms with van der Waals surface area (Å²) in [6, 6.07) is 7.20. The van der Waals surface area contributed by atoms with Crippen LogP contribution in [0.5, 0.6) is 5.75 Å². The van der Waals surface area contributed by atoms with Gasteiger partial charge in [-0.05, 0) is 30.0 Å². The van der Waals surface area contributed by atoms with Crippen molar-refractivity contribution in [1.82, 2.24) is 0 Å². The van der Waals surface area contributed by atoms with Crippen molar-refractivity contribution in [2.75, 3.05) is 6.26 Å². The summed E-state index contributed by atoms with van der Waals surface area (Å²) in [5.41, 5.74) is 1.10. The lowest BCUT2D eigenvalue weighted by Gasteiger charge is -2.10. The molecule has 1 atom stereocenters. The van der Waals surface area contributed by atoms with E-state index in [1.54, 1.807) is 12.1 Å². The number of hydrogen-bond acceptors (Lipinski definition) is 3. The molecule has 1 rings (SSSR count). The fourth-order valence-electron chi connectivity index (χ4n) is 1.28. The summed E-state index contributed by atoms with van der Waals surface area (Å²) in [4.78, 5) is 0. The minimum Gasteiger partial charge on any atom is -0.383 e. The molecule has 0 bridgehead atoms. The van der Waals surface area contributed by atoms with Gasteiger partial charge in [-0.2, -0.15) is 8.42 Å². The highest BCUT2D eigenvalue weighted by atomic mass is 32.2. The first kappa shape index (κ1) is 12.0. The Kier molecular flexibility index (Phi) is 3.74. The summed E-state index contributed by atoms with van der Waals surface area (Å²) in [6.45, 7) is 4.19. The van der Waals surface area contributed by atoms with Crippen molar-refractivity contribution >= 4 is 10.1 Å². The Morgan fingerprint density at radius 1 is 1.40 bits per heavy atom. The molecule has 1 unspecified atom stereocenters. The van der Waals surface area contributed by atoms with Crippen LogP contribution in [-0.2, 0) is 10.1 Å². The highest BCUT2D eigenvalue weighted by molar-refractivity contribution is 7.86. The fraction of sp³-hybridized carbons (Fsp3) is 0.455. The molecular weight excluding hydrogens is 212 g/mol. The molecule has 0 aliphatic carbocycles. The lowest BCUT2D eigenvalue weighted by molar-refractivity contribution is 0.492. The van der Waals surface area contributed by atoms with E-state index in [-0.39, 0.29) is 0 Å². The van der Waals surface area contributed by atoms with Crippen LogP contribution in [0.25, 0.3) is 0 Å².